The molecule has 0 saturated carbocycles. The smallest absolute Gasteiger partial charge is 0.324 e. The fraction of sp³-hybridized carbons (Fsp3) is 0. The Hall–Kier alpha value is -1.72. The molecule has 0 bridgehead atoms. The molecule has 0 radical (unpaired) electrons. The van der Waals surface area contributed by atoms with Crippen molar-refractivity contribution in [3.8, 4) is 5.75 Å². The molecular weight excluding hydrogens is 332 g/mol. The van der Waals surface area contributed by atoms with Crippen LogP contribution in [0.5, 0.6) is 5.75 Å². The molecule has 19 heavy (non-hydrogen) atoms. The number of urea groups is 1. The van der Waals surface area contributed by atoms with Crippen LogP contribution >= 0.6 is 27.5 Å². The van der Waals surface area contributed by atoms with Crippen molar-refractivity contribution in [2.75, 3.05) is 4.90 Å². The molecular formula is C13H10BrClN2O2. The summed E-state index contributed by atoms with van der Waals surface area (Å²) in [4.78, 5) is 12.8. The number of hydrogen-bond acceptors (Lipinski definition) is 2. The van der Waals surface area contributed by atoms with E-state index < -0.39 is 6.03 Å². The van der Waals surface area contributed by atoms with E-state index in [0.717, 1.165) is 4.47 Å². The van der Waals surface area contributed by atoms with Gasteiger partial charge in [0.15, 0.2) is 5.75 Å². The minimum absolute atomic E-state index is 0.154. The van der Waals surface area contributed by atoms with E-state index in [1.807, 2.05) is 0 Å². The van der Waals surface area contributed by atoms with Crippen molar-refractivity contribution in [2.45, 2.75) is 0 Å². The largest absolute Gasteiger partial charge is 0.504 e. The van der Waals surface area contributed by atoms with E-state index in [4.69, 9.17) is 17.3 Å². The monoisotopic (exact) mass is 340 g/mol. The van der Waals surface area contributed by atoms with Crippen molar-refractivity contribution in [1.82, 2.24) is 0 Å². The summed E-state index contributed by atoms with van der Waals surface area (Å²) in [5.41, 5.74) is 6.15. The lowest BCUT2D eigenvalue weighted by atomic mass is 10.2. The predicted octanol–water partition coefficient (Wildman–Crippen LogP) is 4.02. The zero-order chi connectivity index (χ0) is 14.0. The van der Waals surface area contributed by atoms with Gasteiger partial charge in [-0.05, 0) is 36.4 Å². The standard InChI is InChI=1S/C13H10BrClN2O2/c14-8-4-6-9(7-5-8)17(13(16)19)11-3-1-2-10(15)12(11)18/h1-7,18H,(H2,16,19). The molecule has 6 heteroatoms. The van der Waals surface area contributed by atoms with Crippen LogP contribution in [-0.4, -0.2) is 11.1 Å². The third-order valence-electron chi connectivity index (χ3n) is 2.51. The number of carbonyl (C=O) groups is 1. The number of anilines is 2. The van der Waals surface area contributed by atoms with Crippen LogP contribution in [0.15, 0.2) is 46.9 Å². The third kappa shape index (κ3) is 2.83. The Balaban J connectivity index is 2.55. The minimum Gasteiger partial charge on any atom is -0.504 e. The van der Waals surface area contributed by atoms with E-state index in [-0.39, 0.29) is 16.5 Å². The summed E-state index contributed by atoms with van der Waals surface area (Å²) in [5.74, 6) is -0.189. The topological polar surface area (TPSA) is 66.6 Å². The number of aromatic hydroxyl groups is 1. The van der Waals surface area contributed by atoms with E-state index in [2.05, 4.69) is 15.9 Å². The second-order valence-corrected chi connectivity index (χ2v) is 5.08. The lowest BCUT2D eigenvalue weighted by molar-refractivity contribution is 0.256. The Kier molecular flexibility index (Phi) is 3.97. The first kappa shape index (κ1) is 13.7. The molecule has 0 spiro atoms. The molecule has 0 aliphatic rings. The Morgan fingerprint density at radius 1 is 1.21 bits per heavy atom. The summed E-state index contributed by atoms with van der Waals surface area (Å²) in [6, 6.07) is 11.0. The van der Waals surface area contributed by atoms with Gasteiger partial charge in [-0.15, -0.1) is 0 Å². The average Bonchev–Trinajstić information content (AvgIpc) is 2.37. The van der Waals surface area contributed by atoms with Gasteiger partial charge in [-0.3, -0.25) is 4.90 Å². The summed E-state index contributed by atoms with van der Waals surface area (Å²) < 4.78 is 0.871. The molecule has 2 rings (SSSR count). The molecule has 0 unspecified atom stereocenters. The van der Waals surface area contributed by atoms with Gasteiger partial charge in [0.1, 0.15) is 0 Å². The van der Waals surface area contributed by atoms with E-state index in [1.54, 1.807) is 36.4 Å². The van der Waals surface area contributed by atoms with Crippen molar-refractivity contribution in [2.24, 2.45) is 5.73 Å². The van der Waals surface area contributed by atoms with Crippen LogP contribution in [-0.2, 0) is 0 Å². The van der Waals surface area contributed by atoms with Crippen LogP contribution < -0.4 is 10.6 Å². The lowest BCUT2D eigenvalue weighted by Crippen LogP contribution is -2.31. The van der Waals surface area contributed by atoms with Crippen molar-refractivity contribution in [3.05, 3.63) is 52.0 Å². The van der Waals surface area contributed by atoms with E-state index in [1.165, 1.54) is 11.0 Å². The highest BCUT2D eigenvalue weighted by atomic mass is 79.9. The van der Waals surface area contributed by atoms with Crippen molar-refractivity contribution in [3.63, 3.8) is 0 Å². The normalized spacial score (nSPS) is 10.2. The number of phenolic OH excluding ortho intramolecular Hbond substituents is 1. The zero-order valence-electron chi connectivity index (χ0n) is 9.68. The van der Waals surface area contributed by atoms with Gasteiger partial charge in [0.2, 0.25) is 0 Å². The number of carbonyl (C=O) groups excluding carboxylic acids is 1. The highest BCUT2D eigenvalue weighted by Crippen LogP contribution is 2.37. The number of benzene rings is 2. The van der Waals surface area contributed by atoms with Gasteiger partial charge < -0.3 is 10.8 Å². The summed E-state index contributed by atoms with van der Waals surface area (Å²) in [6.07, 6.45) is 0. The van der Waals surface area contributed by atoms with Crippen LogP contribution in [0.25, 0.3) is 0 Å². The number of para-hydroxylation sites is 1. The van der Waals surface area contributed by atoms with Gasteiger partial charge in [0, 0.05) is 4.47 Å². The van der Waals surface area contributed by atoms with Gasteiger partial charge >= 0.3 is 6.03 Å². The number of nitrogens with two attached hydrogens (primary N) is 1. The SMILES string of the molecule is NC(=O)N(c1ccc(Br)cc1)c1cccc(Cl)c1O. The molecule has 0 atom stereocenters. The number of hydrogen-bond donors (Lipinski definition) is 2. The van der Waals surface area contributed by atoms with Crippen molar-refractivity contribution < 1.29 is 9.90 Å². The summed E-state index contributed by atoms with van der Waals surface area (Å²) in [6.45, 7) is 0. The first-order valence-electron chi connectivity index (χ1n) is 5.33. The maximum absolute atomic E-state index is 11.6. The molecule has 0 saturated heterocycles. The van der Waals surface area contributed by atoms with Crippen LogP contribution in [0.1, 0.15) is 0 Å². The van der Waals surface area contributed by atoms with Crippen molar-refractivity contribution in [1.29, 1.82) is 0 Å². The summed E-state index contributed by atoms with van der Waals surface area (Å²) in [5, 5.41) is 10.1. The molecule has 98 valence electrons. The van der Waals surface area contributed by atoms with Gasteiger partial charge in [0.05, 0.1) is 16.4 Å². The van der Waals surface area contributed by atoms with E-state index in [0.29, 0.717) is 5.69 Å². The van der Waals surface area contributed by atoms with E-state index in [9.17, 15) is 9.90 Å². The number of phenols is 1. The highest BCUT2D eigenvalue weighted by Gasteiger charge is 2.19. The van der Waals surface area contributed by atoms with Crippen LogP contribution in [0.4, 0.5) is 16.2 Å². The molecule has 2 aromatic rings. The number of primary amides is 1. The van der Waals surface area contributed by atoms with Gasteiger partial charge in [0.25, 0.3) is 0 Å². The predicted molar refractivity (Wildman–Crippen MR) is 79.0 cm³/mol. The van der Waals surface area contributed by atoms with E-state index >= 15 is 0 Å². The number of amides is 2. The minimum atomic E-state index is -0.708. The third-order valence-corrected chi connectivity index (χ3v) is 3.35. The number of nitrogens with zero attached hydrogens (tertiary/aromatic N) is 1. The molecule has 0 fully saturated rings. The first-order valence-corrected chi connectivity index (χ1v) is 6.50. The fourth-order valence-corrected chi connectivity index (χ4v) is 2.09. The molecule has 2 aromatic carbocycles. The molecule has 0 heterocycles. The average molecular weight is 342 g/mol. The fourth-order valence-electron chi connectivity index (χ4n) is 1.66. The van der Waals surface area contributed by atoms with Crippen molar-refractivity contribution >= 4 is 44.9 Å². The molecule has 3 N–H and O–H groups in total. The quantitative estimate of drug-likeness (QED) is 0.866. The Labute approximate surface area is 123 Å². The second-order valence-electron chi connectivity index (χ2n) is 3.76. The summed E-state index contributed by atoms with van der Waals surface area (Å²) in [7, 11) is 0. The molecule has 0 aliphatic heterocycles. The number of halogens is 2. The first-order chi connectivity index (χ1) is 9.00. The zero-order valence-corrected chi connectivity index (χ0v) is 12.0. The molecule has 0 aliphatic carbocycles. The Morgan fingerprint density at radius 2 is 1.84 bits per heavy atom. The molecule has 0 aromatic heterocycles. The summed E-state index contributed by atoms with van der Waals surface area (Å²) >= 11 is 9.15. The van der Waals surface area contributed by atoms with Gasteiger partial charge in [-0.2, -0.15) is 0 Å². The van der Waals surface area contributed by atoms with Crippen LogP contribution in [0, 0.1) is 0 Å². The Bertz CT molecular complexity index is 617. The molecule has 2 amide bonds. The lowest BCUT2D eigenvalue weighted by Gasteiger charge is -2.22. The van der Waals surface area contributed by atoms with Gasteiger partial charge in [-0.25, -0.2) is 4.79 Å². The van der Waals surface area contributed by atoms with Crippen LogP contribution in [0.3, 0.4) is 0 Å². The van der Waals surface area contributed by atoms with Gasteiger partial charge in [-0.1, -0.05) is 33.6 Å². The van der Waals surface area contributed by atoms with Crippen LogP contribution in [0.2, 0.25) is 5.02 Å². The maximum atomic E-state index is 11.6. The molecule has 4 nitrogen and oxygen atoms in total. The highest BCUT2D eigenvalue weighted by molar-refractivity contribution is 9.10. The Morgan fingerprint density at radius 3 is 2.42 bits per heavy atom. The number of rotatable bonds is 2. The maximum Gasteiger partial charge on any atom is 0.324 e. The second kappa shape index (κ2) is 5.50.